The van der Waals surface area contributed by atoms with Crippen LogP contribution in [-0.2, 0) is 0 Å². The molecule has 196 valence electrons. The number of hydrogen-bond donors (Lipinski definition) is 1. The lowest BCUT2D eigenvalue weighted by atomic mass is 9.64. The van der Waals surface area contributed by atoms with Gasteiger partial charge in [0.15, 0.2) is 0 Å². The number of aromatic hydroxyl groups is 1. The van der Waals surface area contributed by atoms with Crippen molar-refractivity contribution in [1.29, 1.82) is 0 Å². The number of benzene rings is 4. The lowest BCUT2D eigenvalue weighted by Gasteiger charge is -2.29. The highest BCUT2D eigenvalue weighted by molar-refractivity contribution is 6.84. The third-order valence-corrected chi connectivity index (χ3v) is 7.10. The van der Waals surface area contributed by atoms with Crippen molar-refractivity contribution in [2.45, 2.75) is 0 Å². The van der Waals surface area contributed by atoms with E-state index < -0.39 is 0 Å². The second-order valence-corrected chi connectivity index (χ2v) is 9.68. The van der Waals surface area contributed by atoms with E-state index in [0.717, 1.165) is 28.3 Å². The van der Waals surface area contributed by atoms with Crippen molar-refractivity contribution in [2.24, 2.45) is 0 Å². The van der Waals surface area contributed by atoms with Gasteiger partial charge in [0.25, 0.3) is 0 Å². The van der Waals surface area contributed by atoms with E-state index in [-0.39, 0.29) is 12.7 Å². The molecule has 2 aromatic heterocycles. The van der Waals surface area contributed by atoms with Crippen molar-refractivity contribution >= 4 is 35.3 Å². The molecule has 0 fully saturated rings. The minimum absolute atomic E-state index is 0.166. The summed E-state index contributed by atoms with van der Waals surface area (Å²) in [5, 5.41) is 10.3. The first-order chi connectivity index (χ1) is 20.3. The van der Waals surface area contributed by atoms with Crippen LogP contribution in [0, 0.1) is 0 Å². The lowest BCUT2D eigenvalue weighted by Crippen LogP contribution is -2.53. The fourth-order valence-electron chi connectivity index (χ4n) is 5.31. The Hall–Kier alpha value is -5.56. The number of hydrogen-bond acceptors (Lipinski definition) is 6. The van der Waals surface area contributed by atoms with Crippen LogP contribution < -0.4 is 19.8 Å². The van der Waals surface area contributed by atoms with Crippen molar-refractivity contribution < 1.29 is 9.84 Å². The summed E-state index contributed by atoms with van der Waals surface area (Å²) in [5.41, 5.74) is 5.46. The number of fused-ring (bicyclic) bond motifs is 1. The zero-order valence-electron chi connectivity index (χ0n) is 22.1. The maximum absolute atomic E-state index is 10.3. The van der Waals surface area contributed by atoms with Crippen molar-refractivity contribution in [3.05, 3.63) is 146 Å². The first-order valence-corrected chi connectivity index (χ1v) is 13.4. The Morgan fingerprint density at radius 1 is 0.634 bits per heavy atom. The van der Waals surface area contributed by atoms with Crippen LogP contribution in [0.4, 0.5) is 22.9 Å². The number of para-hydroxylation sites is 2. The highest BCUT2D eigenvalue weighted by Gasteiger charge is 2.44. The number of anilines is 4. The Bertz CT molecular complexity index is 1820. The van der Waals surface area contributed by atoms with Crippen LogP contribution in [0.15, 0.2) is 146 Å². The molecule has 1 aliphatic heterocycles. The summed E-state index contributed by atoms with van der Waals surface area (Å²) in [7, 11) is 0. The smallest absolute Gasteiger partial charge is 0.421 e. The largest absolute Gasteiger partial charge is 0.507 e. The molecule has 7 rings (SSSR count). The predicted octanol–water partition coefficient (Wildman–Crippen LogP) is 7.33. The van der Waals surface area contributed by atoms with Crippen molar-refractivity contribution in [3.8, 4) is 28.6 Å². The normalized spacial score (nSPS) is 12.3. The number of nitrogens with zero attached hydrogens (tertiary/aromatic N) is 4. The summed E-state index contributed by atoms with van der Waals surface area (Å²) in [5.74, 6) is 2.12. The molecule has 0 saturated carbocycles. The van der Waals surface area contributed by atoms with Gasteiger partial charge in [0, 0.05) is 35.3 Å². The number of ether oxygens (including phenoxy) is 1. The van der Waals surface area contributed by atoms with Gasteiger partial charge in [-0.1, -0.05) is 72.8 Å². The quantitative estimate of drug-likeness (QED) is 0.227. The van der Waals surface area contributed by atoms with E-state index in [9.17, 15) is 5.11 Å². The zero-order chi connectivity index (χ0) is 27.6. The molecule has 4 aromatic carbocycles. The number of phenolic OH excluding ortho intramolecular Hbond substituents is 1. The summed E-state index contributed by atoms with van der Waals surface area (Å²) >= 11 is 0. The second-order valence-electron chi connectivity index (χ2n) is 9.68. The summed E-state index contributed by atoms with van der Waals surface area (Å²) in [6.07, 6.45) is 1.83. The van der Waals surface area contributed by atoms with Crippen molar-refractivity contribution in [2.75, 3.05) is 9.62 Å². The third kappa shape index (κ3) is 4.64. The molecular formula is C34H25BN4O2. The molecule has 0 aliphatic carbocycles. The van der Waals surface area contributed by atoms with Crippen LogP contribution in [0.2, 0.25) is 0 Å². The van der Waals surface area contributed by atoms with E-state index >= 15 is 0 Å². The van der Waals surface area contributed by atoms with Crippen LogP contribution in [0.3, 0.4) is 0 Å². The maximum Gasteiger partial charge on any atom is 0.421 e. The molecule has 41 heavy (non-hydrogen) atoms. The van der Waals surface area contributed by atoms with Crippen molar-refractivity contribution in [1.82, 2.24) is 9.97 Å². The molecule has 3 heterocycles. The van der Waals surface area contributed by atoms with Gasteiger partial charge in [-0.15, -0.1) is 0 Å². The van der Waals surface area contributed by atoms with Crippen LogP contribution in [0.5, 0.6) is 17.4 Å². The third-order valence-electron chi connectivity index (χ3n) is 7.10. The van der Waals surface area contributed by atoms with E-state index in [1.165, 1.54) is 0 Å². The van der Waals surface area contributed by atoms with E-state index in [0.29, 0.717) is 22.9 Å². The molecule has 0 spiro atoms. The highest BCUT2D eigenvalue weighted by atomic mass is 16.5. The standard InChI is InChI=1S/C34H25BN4O2/c40-32-21-8-7-18-29(32)30-19-10-22-33(37-30)41-28-17-9-16-27(24-28)39-34-31(20-11-23-36-34)38(26-14-5-2-6-15-26)35(39)25-12-3-1-4-13-25/h1-24,40H. The van der Waals surface area contributed by atoms with Gasteiger partial charge in [0.2, 0.25) is 5.88 Å². The molecule has 0 amide bonds. The highest BCUT2D eigenvalue weighted by Crippen LogP contribution is 2.45. The molecule has 0 unspecified atom stereocenters. The Morgan fingerprint density at radius 2 is 1.37 bits per heavy atom. The summed E-state index contributed by atoms with van der Waals surface area (Å²) in [4.78, 5) is 14.1. The van der Waals surface area contributed by atoms with Gasteiger partial charge in [-0.3, -0.25) is 0 Å². The monoisotopic (exact) mass is 532 g/mol. The molecule has 0 saturated heterocycles. The van der Waals surface area contributed by atoms with Gasteiger partial charge in [-0.05, 0) is 60.1 Å². The predicted molar refractivity (Wildman–Crippen MR) is 165 cm³/mol. The first-order valence-electron chi connectivity index (χ1n) is 13.4. The minimum Gasteiger partial charge on any atom is -0.507 e. The average Bonchev–Trinajstić information content (AvgIpc) is 3.38. The van der Waals surface area contributed by atoms with Gasteiger partial charge in [-0.2, -0.15) is 0 Å². The number of pyridine rings is 2. The minimum atomic E-state index is -0.166. The van der Waals surface area contributed by atoms with Gasteiger partial charge in [-0.25, -0.2) is 9.97 Å². The molecule has 0 atom stereocenters. The van der Waals surface area contributed by atoms with Crippen LogP contribution in [-0.4, -0.2) is 22.1 Å². The lowest BCUT2D eigenvalue weighted by molar-refractivity contribution is 0.463. The Kier molecular flexibility index (Phi) is 6.30. The summed E-state index contributed by atoms with van der Waals surface area (Å²) < 4.78 is 6.27. The van der Waals surface area contributed by atoms with Crippen LogP contribution in [0.1, 0.15) is 0 Å². The number of phenols is 1. The molecular weight excluding hydrogens is 507 g/mol. The van der Waals surface area contributed by atoms with Gasteiger partial charge in [0.1, 0.15) is 17.3 Å². The Morgan fingerprint density at radius 3 is 2.20 bits per heavy atom. The SMILES string of the molecule is Oc1ccccc1-c1cccc(Oc2cccc(N3B(c4ccccc4)N(c4ccccc4)c4cccnc43)c2)n1. The molecule has 1 N–H and O–H groups in total. The Balaban J connectivity index is 1.29. The Labute approximate surface area is 238 Å². The second kappa shape index (κ2) is 10.5. The fourth-order valence-corrected chi connectivity index (χ4v) is 5.31. The van der Waals surface area contributed by atoms with E-state index in [4.69, 9.17) is 9.72 Å². The van der Waals surface area contributed by atoms with Crippen molar-refractivity contribution in [3.63, 3.8) is 0 Å². The molecule has 0 bridgehead atoms. The molecule has 6 aromatic rings. The zero-order valence-corrected chi connectivity index (χ0v) is 22.1. The maximum atomic E-state index is 10.3. The molecule has 1 aliphatic rings. The van der Waals surface area contributed by atoms with E-state index in [1.807, 2.05) is 72.9 Å². The first kappa shape index (κ1) is 24.5. The van der Waals surface area contributed by atoms with Gasteiger partial charge in [0.05, 0.1) is 11.4 Å². The number of rotatable bonds is 6. The van der Waals surface area contributed by atoms with E-state index in [2.05, 4.69) is 75.3 Å². The summed E-state index contributed by atoms with van der Waals surface area (Å²) in [6, 6.07) is 45.6. The molecule has 7 heteroatoms. The number of aromatic nitrogens is 2. The van der Waals surface area contributed by atoms with Gasteiger partial charge >= 0.3 is 6.98 Å². The molecule has 6 nitrogen and oxygen atoms in total. The summed E-state index contributed by atoms with van der Waals surface area (Å²) in [6.45, 7) is -0.166. The van der Waals surface area contributed by atoms with Crippen LogP contribution >= 0.6 is 0 Å². The van der Waals surface area contributed by atoms with Crippen LogP contribution in [0.25, 0.3) is 11.3 Å². The van der Waals surface area contributed by atoms with E-state index in [1.54, 1.807) is 12.1 Å². The average molecular weight is 532 g/mol. The molecule has 0 radical (unpaired) electrons. The van der Waals surface area contributed by atoms with Gasteiger partial charge < -0.3 is 19.5 Å². The fraction of sp³-hybridized carbons (Fsp3) is 0. The topological polar surface area (TPSA) is 61.7 Å².